The van der Waals surface area contributed by atoms with Crippen molar-refractivity contribution in [1.29, 1.82) is 0 Å². The van der Waals surface area contributed by atoms with Gasteiger partial charge < -0.3 is 5.32 Å². The minimum absolute atomic E-state index is 0.0812. The molecule has 0 bridgehead atoms. The summed E-state index contributed by atoms with van der Waals surface area (Å²) < 4.78 is 14.3. The number of anilines is 1. The van der Waals surface area contributed by atoms with Crippen molar-refractivity contribution in [1.82, 2.24) is 15.0 Å². The highest BCUT2D eigenvalue weighted by atomic mass is 19.1. The van der Waals surface area contributed by atoms with Gasteiger partial charge in [0.05, 0.1) is 17.6 Å². The molecule has 0 saturated carbocycles. The number of benzene rings is 2. The van der Waals surface area contributed by atoms with E-state index in [4.69, 9.17) is 0 Å². The Morgan fingerprint density at radius 1 is 1.08 bits per heavy atom. The van der Waals surface area contributed by atoms with E-state index in [1.54, 1.807) is 24.3 Å². The van der Waals surface area contributed by atoms with Crippen molar-refractivity contribution in [2.75, 3.05) is 5.32 Å². The van der Waals surface area contributed by atoms with Gasteiger partial charge in [0.2, 0.25) is 0 Å². The molecule has 3 rings (SSSR count). The van der Waals surface area contributed by atoms with Crippen LogP contribution in [0.2, 0.25) is 0 Å². The lowest BCUT2D eigenvalue weighted by atomic mass is 10.1. The molecule has 1 N–H and O–H groups in total. The smallest absolute Gasteiger partial charge is 0.277 e. The maximum absolute atomic E-state index is 12.9. The predicted octanol–water partition coefficient (Wildman–Crippen LogP) is 2.86. The Morgan fingerprint density at radius 2 is 1.79 bits per heavy atom. The Labute approximate surface area is 136 Å². The summed E-state index contributed by atoms with van der Waals surface area (Å²) >= 11 is 0. The molecule has 7 heteroatoms. The van der Waals surface area contributed by atoms with Gasteiger partial charge in [-0.3, -0.25) is 9.59 Å². The van der Waals surface area contributed by atoms with Gasteiger partial charge in [-0.2, -0.15) is 0 Å². The number of hydrogen-bond acceptors (Lipinski definition) is 4. The standard InChI is InChI=1S/C17H13FN4O2/c1-11(23)14-4-2-3-5-15(14)19-17(24)16-10-22(21-20-16)13-8-6-12(18)7-9-13/h2-10H,1H3,(H,19,24). The summed E-state index contributed by atoms with van der Waals surface area (Å²) in [4.78, 5) is 23.9. The summed E-state index contributed by atoms with van der Waals surface area (Å²) in [6, 6.07) is 12.3. The summed E-state index contributed by atoms with van der Waals surface area (Å²) in [5, 5.41) is 10.3. The first-order valence-electron chi connectivity index (χ1n) is 7.14. The van der Waals surface area contributed by atoms with Crippen LogP contribution in [0.4, 0.5) is 10.1 Å². The van der Waals surface area contributed by atoms with Crippen LogP contribution in [0, 0.1) is 5.82 Å². The average Bonchev–Trinajstić information content (AvgIpc) is 3.06. The maximum Gasteiger partial charge on any atom is 0.277 e. The molecule has 0 atom stereocenters. The zero-order valence-electron chi connectivity index (χ0n) is 12.7. The fraction of sp³-hybridized carbons (Fsp3) is 0.0588. The summed E-state index contributed by atoms with van der Waals surface area (Å²) in [5.41, 5.74) is 1.48. The van der Waals surface area contributed by atoms with Crippen molar-refractivity contribution in [3.63, 3.8) is 0 Å². The van der Waals surface area contributed by atoms with Crippen molar-refractivity contribution in [2.45, 2.75) is 6.92 Å². The number of carbonyl (C=O) groups excluding carboxylic acids is 2. The SMILES string of the molecule is CC(=O)c1ccccc1NC(=O)c1cn(-c2ccc(F)cc2)nn1. The van der Waals surface area contributed by atoms with Crippen molar-refractivity contribution < 1.29 is 14.0 Å². The van der Waals surface area contributed by atoms with Crippen LogP contribution in [-0.2, 0) is 0 Å². The topological polar surface area (TPSA) is 76.9 Å². The Balaban J connectivity index is 1.82. The number of amides is 1. The highest BCUT2D eigenvalue weighted by molar-refractivity contribution is 6.08. The first kappa shape index (κ1) is 15.5. The maximum atomic E-state index is 12.9. The molecule has 6 nitrogen and oxygen atoms in total. The van der Waals surface area contributed by atoms with E-state index in [0.29, 0.717) is 16.9 Å². The van der Waals surface area contributed by atoms with Crippen LogP contribution in [-0.4, -0.2) is 26.7 Å². The molecule has 120 valence electrons. The summed E-state index contributed by atoms with van der Waals surface area (Å²) in [7, 11) is 0. The molecular formula is C17H13FN4O2. The molecule has 0 aliphatic carbocycles. The van der Waals surface area contributed by atoms with Crippen LogP contribution in [0.25, 0.3) is 5.69 Å². The lowest BCUT2D eigenvalue weighted by Gasteiger charge is -2.07. The molecule has 24 heavy (non-hydrogen) atoms. The second-order valence-electron chi connectivity index (χ2n) is 5.08. The number of aromatic nitrogens is 3. The number of hydrogen-bond donors (Lipinski definition) is 1. The van der Waals surface area contributed by atoms with Crippen molar-refractivity contribution in [2.24, 2.45) is 0 Å². The van der Waals surface area contributed by atoms with E-state index in [-0.39, 0.29) is 17.3 Å². The minimum atomic E-state index is -0.489. The third kappa shape index (κ3) is 3.19. The molecular weight excluding hydrogens is 311 g/mol. The summed E-state index contributed by atoms with van der Waals surface area (Å²) in [6.45, 7) is 1.43. The second kappa shape index (κ2) is 6.41. The molecule has 0 aliphatic heterocycles. The van der Waals surface area contributed by atoms with Gasteiger partial charge in [-0.1, -0.05) is 17.3 Å². The second-order valence-corrected chi connectivity index (χ2v) is 5.08. The number of Topliss-reactive ketones (excluding diaryl/α,β-unsaturated/α-hetero) is 1. The van der Waals surface area contributed by atoms with Gasteiger partial charge in [0.15, 0.2) is 11.5 Å². The summed E-state index contributed by atoms with van der Waals surface area (Å²) in [6.07, 6.45) is 1.43. The monoisotopic (exact) mass is 324 g/mol. The van der Waals surface area contributed by atoms with E-state index in [2.05, 4.69) is 15.6 Å². The first-order valence-corrected chi connectivity index (χ1v) is 7.14. The predicted molar refractivity (Wildman–Crippen MR) is 85.7 cm³/mol. The normalized spacial score (nSPS) is 10.4. The van der Waals surface area contributed by atoms with Crippen LogP contribution in [0.1, 0.15) is 27.8 Å². The third-order valence-electron chi connectivity index (χ3n) is 3.37. The summed E-state index contributed by atoms with van der Waals surface area (Å²) in [5.74, 6) is -1.00. The number of carbonyl (C=O) groups is 2. The Hall–Kier alpha value is -3.35. The van der Waals surface area contributed by atoms with Crippen molar-refractivity contribution in [3.05, 3.63) is 71.8 Å². The lowest BCUT2D eigenvalue weighted by Crippen LogP contribution is -2.14. The van der Waals surface area contributed by atoms with Gasteiger partial charge in [-0.05, 0) is 43.3 Å². The van der Waals surface area contributed by atoms with E-state index in [1.165, 1.54) is 42.1 Å². The minimum Gasteiger partial charge on any atom is -0.320 e. The fourth-order valence-electron chi connectivity index (χ4n) is 2.17. The van der Waals surface area contributed by atoms with Crippen LogP contribution >= 0.6 is 0 Å². The molecule has 0 aliphatic rings. The van der Waals surface area contributed by atoms with Gasteiger partial charge in [-0.15, -0.1) is 5.10 Å². The van der Waals surface area contributed by atoms with Gasteiger partial charge >= 0.3 is 0 Å². The van der Waals surface area contributed by atoms with E-state index in [9.17, 15) is 14.0 Å². The number of nitrogens with zero attached hydrogens (tertiary/aromatic N) is 3. The molecule has 0 radical (unpaired) electrons. The Bertz CT molecular complexity index is 903. The molecule has 1 aromatic heterocycles. The van der Waals surface area contributed by atoms with E-state index >= 15 is 0 Å². The van der Waals surface area contributed by atoms with Crippen LogP contribution in [0.15, 0.2) is 54.7 Å². The van der Waals surface area contributed by atoms with Gasteiger partial charge in [0, 0.05) is 5.56 Å². The van der Waals surface area contributed by atoms with Gasteiger partial charge in [-0.25, -0.2) is 9.07 Å². The number of nitrogens with one attached hydrogen (secondary N) is 1. The van der Waals surface area contributed by atoms with Gasteiger partial charge in [0.1, 0.15) is 5.82 Å². The third-order valence-corrected chi connectivity index (χ3v) is 3.37. The number of halogens is 1. The zero-order chi connectivity index (χ0) is 17.1. The largest absolute Gasteiger partial charge is 0.320 e. The van der Waals surface area contributed by atoms with Crippen LogP contribution in [0.3, 0.4) is 0 Å². The molecule has 0 unspecified atom stereocenters. The van der Waals surface area contributed by atoms with Gasteiger partial charge in [0.25, 0.3) is 5.91 Å². The van der Waals surface area contributed by atoms with E-state index in [1.807, 2.05) is 0 Å². The molecule has 1 heterocycles. The lowest BCUT2D eigenvalue weighted by molar-refractivity contribution is 0.101. The Morgan fingerprint density at radius 3 is 2.50 bits per heavy atom. The van der Waals surface area contributed by atoms with Crippen LogP contribution in [0.5, 0.6) is 0 Å². The zero-order valence-corrected chi connectivity index (χ0v) is 12.7. The average molecular weight is 324 g/mol. The number of rotatable bonds is 4. The number of para-hydroxylation sites is 1. The van der Waals surface area contributed by atoms with Crippen LogP contribution < -0.4 is 5.32 Å². The highest BCUT2D eigenvalue weighted by Crippen LogP contribution is 2.16. The molecule has 0 fully saturated rings. The Kier molecular flexibility index (Phi) is 4.15. The molecule has 0 saturated heterocycles. The van der Waals surface area contributed by atoms with Crippen molar-refractivity contribution >= 4 is 17.4 Å². The molecule has 0 spiro atoms. The first-order chi connectivity index (χ1) is 11.5. The fourth-order valence-corrected chi connectivity index (χ4v) is 2.17. The van der Waals surface area contributed by atoms with E-state index in [0.717, 1.165) is 0 Å². The van der Waals surface area contributed by atoms with Crippen molar-refractivity contribution in [3.8, 4) is 5.69 Å². The number of ketones is 1. The molecule has 2 aromatic carbocycles. The molecule has 1 amide bonds. The molecule has 3 aromatic rings. The van der Waals surface area contributed by atoms with E-state index < -0.39 is 5.91 Å². The quantitative estimate of drug-likeness (QED) is 0.749. The highest BCUT2D eigenvalue weighted by Gasteiger charge is 2.14.